The highest BCUT2D eigenvalue weighted by Gasteiger charge is 2.31. The minimum atomic E-state index is -0.843. The number of aromatic nitrogens is 1. The van der Waals surface area contributed by atoms with Crippen LogP contribution < -0.4 is 0 Å². The summed E-state index contributed by atoms with van der Waals surface area (Å²) in [6.07, 6.45) is 1.28. The number of carbonyl (C=O) groups excluding carboxylic acids is 3. The van der Waals surface area contributed by atoms with Gasteiger partial charge < -0.3 is 14.8 Å². The summed E-state index contributed by atoms with van der Waals surface area (Å²) in [5.74, 6) is -2.40. The van der Waals surface area contributed by atoms with Gasteiger partial charge in [0.2, 0.25) is 0 Å². The van der Waals surface area contributed by atoms with Gasteiger partial charge in [0.25, 0.3) is 17.6 Å². The molecule has 0 aliphatic carbocycles. The molecule has 3 aromatic rings. The highest BCUT2D eigenvalue weighted by Crippen LogP contribution is 2.26. The van der Waals surface area contributed by atoms with Crippen LogP contribution in [0.2, 0.25) is 0 Å². The number of nitrogens with one attached hydrogen (secondary N) is 1. The van der Waals surface area contributed by atoms with Gasteiger partial charge in [-0.1, -0.05) is 29.4 Å². The molecular weight excluding hydrogens is 403 g/mol. The Kier molecular flexibility index (Phi) is 5.57. The minimum Gasteiger partial charge on any atom is -0.360 e. The monoisotopic (exact) mass is 422 g/mol. The van der Waals surface area contributed by atoms with E-state index in [1.165, 1.54) is 17.2 Å². The van der Waals surface area contributed by atoms with Crippen molar-refractivity contribution in [2.45, 2.75) is 6.54 Å². The Balaban J connectivity index is 1.49. The van der Waals surface area contributed by atoms with Gasteiger partial charge in [0.1, 0.15) is 12.4 Å². The Bertz CT molecular complexity index is 1170. The van der Waals surface area contributed by atoms with Crippen molar-refractivity contribution in [3.05, 3.63) is 76.1 Å². The fourth-order valence-electron chi connectivity index (χ4n) is 3.78. The van der Waals surface area contributed by atoms with Crippen molar-refractivity contribution in [2.75, 3.05) is 26.2 Å². The smallest absolute Gasteiger partial charge is 0.295 e. The first-order valence-corrected chi connectivity index (χ1v) is 9.76. The number of aromatic amines is 1. The van der Waals surface area contributed by atoms with E-state index >= 15 is 0 Å². The summed E-state index contributed by atoms with van der Waals surface area (Å²) in [6.45, 7) is 0.813. The van der Waals surface area contributed by atoms with Gasteiger partial charge in [-0.3, -0.25) is 14.4 Å². The summed E-state index contributed by atoms with van der Waals surface area (Å²) in [5, 5.41) is 2.78. The molecule has 2 heterocycles. The summed E-state index contributed by atoms with van der Waals surface area (Å²) in [4.78, 5) is 54.5. The largest absolute Gasteiger partial charge is 0.360 e. The molecular formula is C22H19FN4O4. The number of H-pyrrole nitrogens is 1. The topological polar surface area (TPSA) is 103 Å². The highest BCUT2D eigenvalue weighted by molar-refractivity contribution is 6.45. The molecule has 0 atom stereocenters. The van der Waals surface area contributed by atoms with Crippen LogP contribution in [0.3, 0.4) is 0 Å². The SMILES string of the molecule is O=NCc1ccc(F)c2c(C(=O)C(=O)N3CCN(C(=O)c4ccccc4)CC3)c[nH]c12. The van der Waals surface area contributed by atoms with Crippen molar-refractivity contribution in [2.24, 2.45) is 5.18 Å². The molecule has 1 aliphatic heterocycles. The summed E-state index contributed by atoms with van der Waals surface area (Å²) >= 11 is 0. The predicted octanol–water partition coefficient (Wildman–Crippen LogP) is 2.74. The fraction of sp³-hybridized carbons (Fsp3) is 0.227. The lowest BCUT2D eigenvalue weighted by molar-refractivity contribution is -0.127. The molecule has 2 amide bonds. The lowest BCUT2D eigenvalue weighted by atomic mass is 10.0. The number of hydrogen-bond donors (Lipinski definition) is 1. The summed E-state index contributed by atoms with van der Waals surface area (Å²) in [5.41, 5.74) is 1.18. The molecule has 4 rings (SSSR count). The summed E-state index contributed by atoms with van der Waals surface area (Å²) < 4.78 is 14.4. The number of benzene rings is 2. The van der Waals surface area contributed by atoms with Crippen molar-refractivity contribution in [3.63, 3.8) is 0 Å². The van der Waals surface area contributed by atoms with Crippen molar-refractivity contribution >= 4 is 28.5 Å². The molecule has 1 aliphatic rings. The van der Waals surface area contributed by atoms with E-state index in [9.17, 15) is 23.7 Å². The van der Waals surface area contributed by atoms with Crippen LogP contribution in [0.15, 0.2) is 53.8 Å². The molecule has 0 saturated carbocycles. The van der Waals surface area contributed by atoms with E-state index in [-0.39, 0.29) is 42.0 Å². The lowest BCUT2D eigenvalue weighted by Gasteiger charge is -2.34. The maximum atomic E-state index is 14.4. The number of rotatable bonds is 5. The lowest BCUT2D eigenvalue weighted by Crippen LogP contribution is -2.52. The van der Waals surface area contributed by atoms with Gasteiger partial charge in [-0.25, -0.2) is 4.39 Å². The molecule has 0 radical (unpaired) electrons. The van der Waals surface area contributed by atoms with E-state index in [0.717, 1.165) is 6.07 Å². The van der Waals surface area contributed by atoms with E-state index in [4.69, 9.17) is 0 Å². The zero-order chi connectivity index (χ0) is 22.0. The number of halogens is 1. The standard InChI is InChI=1S/C22H19FN4O4/c23-17-7-6-15(12-25-31)19-18(17)16(13-24-19)20(28)22(30)27-10-8-26(9-11-27)21(29)14-4-2-1-3-5-14/h1-7,13,24H,8-12H2. The first-order chi connectivity index (χ1) is 15.0. The van der Waals surface area contributed by atoms with Crippen LogP contribution in [0.4, 0.5) is 4.39 Å². The molecule has 0 unspecified atom stereocenters. The average Bonchev–Trinajstić information content (AvgIpc) is 3.26. The Hall–Kier alpha value is -3.88. The Morgan fingerprint density at radius 2 is 1.65 bits per heavy atom. The van der Waals surface area contributed by atoms with Crippen molar-refractivity contribution in [3.8, 4) is 0 Å². The van der Waals surface area contributed by atoms with Gasteiger partial charge in [-0.15, -0.1) is 0 Å². The van der Waals surface area contributed by atoms with Crippen molar-refractivity contribution in [1.82, 2.24) is 14.8 Å². The number of nitroso groups, excluding NO2 is 1. The average molecular weight is 422 g/mol. The Labute approximate surface area is 176 Å². The third-order valence-corrected chi connectivity index (χ3v) is 5.42. The number of carbonyl (C=O) groups is 3. The predicted molar refractivity (Wildman–Crippen MR) is 111 cm³/mol. The van der Waals surface area contributed by atoms with Crippen LogP contribution in [0.5, 0.6) is 0 Å². The molecule has 1 aromatic heterocycles. The second kappa shape index (κ2) is 8.47. The van der Waals surface area contributed by atoms with Crippen LogP contribution in [0, 0.1) is 10.7 Å². The number of ketones is 1. The van der Waals surface area contributed by atoms with Crippen LogP contribution in [-0.4, -0.2) is 58.6 Å². The van der Waals surface area contributed by atoms with E-state index in [2.05, 4.69) is 10.2 Å². The summed E-state index contributed by atoms with van der Waals surface area (Å²) in [7, 11) is 0. The van der Waals surface area contributed by atoms with Gasteiger partial charge in [0.15, 0.2) is 0 Å². The quantitative estimate of drug-likeness (QED) is 0.388. The van der Waals surface area contributed by atoms with Gasteiger partial charge in [-0.2, -0.15) is 4.91 Å². The molecule has 31 heavy (non-hydrogen) atoms. The van der Waals surface area contributed by atoms with Crippen molar-refractivity contribution < 1.29 is 18.8 Å². The van der Waals surface area contributed by atoms with Gasteiger partial charge in [-0.05, 0) is 18.2 Å². The second-order valence-corrected chi connectivity index (χ2v) is 7.23. The maximum absolute atomic E-state index is 14.4. The van der Waals surface area contributed by atoms with Gasteiger partial charge in [0, 0.05) is 48.9 Å². The zero-order valence-corrected chi connectivity index (χ0v) is 16.5. The third kappa shape index (κ3) is 3.81. The van der Waals surface area contributed by atoms with Crippen LogP contribution in [0.25, 0.3) is 10.9 Å². The Morgan fingerprint density at radius 3 is 2.32 bits per heavy atom. The molecule has 1 N–H and O–H groups in total. The number of nitrogens with zero attached hydrogens (tertiary/aromatic N) is 3. The maximum Gasteiger partial charge on any atom is 0.295 e. The number of piperazine rings is 1. The van der Waals surface area contributed by atoms with E-state index in [1.807, 2.05) is 6.07 Å². The van der Waals surface area contributed by atoms with Crippen LogP contribution in [0.1, 0.15) is 26.3 Å². The fourth-order valence-corrected chi connectivity index (χ4v) is 3.78. The van der Waals surface area contributed by atoms with Crippen molar-refractivity contribution in [1.29, 1.82) is 0 Å². The zero-order valence-electron chi connectivity index (χ0n) is 16.5. The van der Waals surface area contributed by atoms with E-state index < -0.39 is 17.5 Å². The van der Waals surface area contributed by atoms with E-state index in [0.29, 0.717) is 24.2 Å². The van der Waals surface area contributed by atoms with Crippen LogP contribution >= 0.6 is 0 Å². The number of amides is 2. The molecule has 2 aromatic carbocycles. The minimum absolute atomic E-state index is 0.0302. The molecule has 1 saturated heterocycles. The first-order valence-electron chi connectivity index (χ1n) is 9.76. The highest BCUT2D eigenvalue weighted by atomic mass is 19.1. The first kappa shape index (κ1) is 20.4. The van der Waals surface area contributed by atoms with Gasteiger partial charge >= 0.3 is 0 Å². The molecule has 8 nitrogen and oxygen atoms in total. The molecule has 158 valence electrons. The van der Waals surface area contributed by atoms with Gasteiger partial charge in [0.05, 0.1) is 11.1 Å². The summed E-state index contributed by atoms with van der Waals surface area (Å²) in [6, 6.07) is 11.4. The molecule has 9 heteroatoms. The number of Topliss-reactive ketones (excluding diaryl/α,β-unsaturated/α-hetero) is 1. The molecule has 0 spiro atoms. The number of fused-ring (bicyclic) bond motifs is 1. The Morgan fingerprint density at radius 1 is 0.968 bits per heavy atom. The second-order valence-electron chi connectivity index (χ2n) is 7.23. The van der Waals surface area contributed by atoms with Crippen LogP contribution in [-0.2, 0) is 11.3 Å². The normalized spacial score (nSPS) is 14.0. The molecule has 0 bridgehead atoms. The molecule has 1 fully saturated rings. The number of hydrogen-bond acceptors (Lipinski definition) is 5. The third-order valence-electron chi connectivity index (χ3n) is 5.42. The van der Waals surface area contributed by atoms with E-state index in [1.54, 1.807) is 29.2 Å².